The molecule has 1 unspecified atom stereocenters. The van der Waals surface area contributed by atoms with Crippen molar-refractivity contribution in [3.63, 3.8) is 0 Å². The van der Waals surface area contributed by atoms with Gasteiger partial charge in [0.15, 0.2) is 5.78 Å². The lowest BCUT2D eigenvalue weighted by atomic mass is 9.73. The van der Waals surface area contributed by atoms with Crippen LogP contribution in [0.5, 0.6) is 5.75 Å². The summed E-state index contributed by atoms with van der Waals surface area (Å²) in [5, 5.41) is 16.4. The highest BCUT2D eigenvalue weighted by Crippen LogP contribution is 2.45. The Kier molecular flexibility index (Phi) is 6.61. The molecular weight excluding hydrogens is 510 g/mol. The number of carbonyl (C=O) groups excluding carboxylic acids is 1. The van der Waals surface area contributed by atoms with Crippen LogP contribution >= 0.6 is 11.6 Å². The second-order valence-corrected chi connectivity index (χ2v) is 11.4. The number of Topliss-reactive ketones (excluding diaryl/α,β-unsaturated/α-hetero) is 1. The maximum absolute atomic E-state index is 13.5. The number of carbonyl (C=O) groups is 1. The van der Waals surface area contributed by atoms with Crippen LogP contribution in [-0.2, 0) is 17.9 Å². The van der Waals surface area contributed by atoms with Gasteiger partial charge in [-0.05, 0) is 59.4 Å². The van der Waals surface area contributed by atoms with Crippen molar-refractivity contribution in [2.75, 3.05) is 10.6 Å². The molecule has 39 heavy (non-hydrogen) atoms. The van der Waals surface area contributed by atoms with Crippen molar-refractivity contribution in [3.05, 3.63) is 112 Å². The molecule has 0 amide bonds. The summed E-state index contributed by atoms with van der Waals surface area (Å²) in [6.07, 6.45) is 3.20. The molecule has 198 valence electrons. The van der Waals surface area contributed by atoms with Crippen molar-refractivity contribution < 1.29 is 9.53 Å². The highest BCUT2D eigenvalue weighted by Gasteiger charge is 2.38. The van der Waals surface area contributed by atoms with E-state index in [2.05, 4.69) is 34.8 Å². The molecule has 7 nitrogen and oxygen atoms in total. The summed E-state index contributed by atoms with van der Waals surface area (Å²) in [7, 11) is 0. The Hall–Kier alpha value is -4.10. The largest absolute Gasteiger partial charge is 0.487 e. The molecule has 1 aliphatic carbocycles. The summed E-state index contributed by atoms with van der Waals surface area (Å²) in [4.78, 5) is 13.5. The summed E-state index contributed by atoms with van der Waals surface area (Å²) >= 11 is 6.10. The zero-order valence-corrected chi connectivity index (χ0v) is 22.7. The molecule has 1 aliphatic heterocycles. The number of aromatic nitrogens is 3. The van der Waals surface area contributed by atoms with Gasteiger partial charge >= 0.3 is 0 Å². The van der Waals surface area contributed by atoms with Crippen molar-refractivity contribution in [1.29, 1.82) is 0 Å². The van der Waals surface area contributed by atoms with Gasteiger partial charge in [-0.3, -0.25) is 4.79 Å². The summed E-state index contributed by atoms with van der Waals surface area (Å²) in [5.74, 6) is 0.872. The van der Waals surface area contributed by atoms with Crippen LogP contribution in [0.1, 0.15) is 49.6 Å². The fourth-order valence-electron chi connectivity index (χ4n) is 5.38. The average molecular weight is 540 g/mol. The third kappa shape index (κ3) is 5.54. The monoisotopic (exact) mass is 539 g/mol. The van der Waals surface area contributed by atoms with Gasteiger partial charge in [0.2, 0.25) is 0 Å². The van der Waals surface area contributed by atoms with Crippen molar-refractivity contribution in [2.24, 2.45) is 5.41 Å². The maximum atomic E-state index is 13.5. The molecule has 2 aliphatic rings. The van der Waals surface area contributed by atoms with Crippen LogP contribution in [0.25, 0.3) is 0 Å². The predicted molar refractivity (Wildman–Crippen MR) is 153 cm³/mol. The minimum Gasteiger partial charge on any atom is -0.487 e. The van der Waals surface area contributed by atoms with Crippen LogP contribution in [0.15, 0.2) is 90.3 Å². The minimum atomic E-state index is -0.290. The number of rotatable bonds is 6. The summed E-state index contributed by atoms with van der Waals surface area (Å²) in [6, 6.07) is 23.4. The predicted octanol–water partition coefficient (Wildman–Crippen LogP) is 6.78. The third-order valence-electron chi connectivity index (χ3n) is 7.12. The van der Waals surface area contributed by atoms with E-state index in [1.54, 1.807) is 4.68 Å². The molecule has 2 heterocycles. The number of benzene rings is 3. The Bertz CT molecular complexity index is 1570. The quantitative estimate of drug-likeness (QED) is 0.281. The highest BCUT2D eigenvalue weighted by atomic mass is 35.5. The second kappa shape index (κ2) is 10.2. The molecule has 0 saturated carbocycles. The third-order valence-corrected chi connectivity index (χ3v) is 7.35. The summed E-state index contributed by atoms with van der Waals surface area (Å²) in [5.41, 5.74) is 6.37. The topological polar surface area (TPSA) is 81.1 Å². The van der Waals surface area contributed by atoms with E-state index in [1.165, 1.54) is 0 Å². The normalized spacial score (nSPS) is 17.9. The number of hydrogen-bond acceptors (Lipinski definition) is 6. The first-order chi connectivity index (χ1) is 18.8. The van der Waals surface area contributed by atoms with Crippen molar-refractivity contribution >= 4 is 28.8 Å². The number of para-hydroxylation sites is 2. The Morgan fingerprint density at radius 1 is 1.03 bits per heavy atom. The van der Waals surface area contributed by atoms with Gasteiger partial charge in [0.25, 0.3) is 0 Å². The van der Waals surface area contributed by atoms with E-state index >= 15 is 0 Å². The molecule has 4 aromatic rings. The first kappa shape index (κ1) is 25.2. The maximum Gasteiger partial charge on any atom is 0.163 e. The standard InChI is InChI=1S/C31H30ClN5O2/c1-31(2)15-27-29(28(38)16-31)30(34-26-12-4-3-11-25(26)33-27)21-8-6-10-24(14-21)39-19-23-18-37(36-35-23)17-20-7-5-9-22(32)13-20/h3-14,18,30,33-34H,15-17,19H2,1-2H3. The number of anilines is 2. The Labute approximate surface area is 232 Å². The Morgan fingerprint density at radius 2 is 1.85 bits per heavy atom. The molecule has 3 aromatic carbocycles. The van der Waals surface area contributed by atoms with Gasteiger partial charge in [-0.15, -0.1) is 5.10 Å². The van der Waals surface area contributed by atoms with Gasteiger partial charge in [0, 0.05) is 22.7 Å². The van der Waals surface area contributed by atoms with Crippen molar-refractivity contribution in [3.8, 4) is 5.75 Å². The smallest absolute Gasteiger partial charge is 0.163 e. The molecule has 0 spiro atoms. The number of fused-ring (bicyclic) bond motifs is 1. The van der Waals surface area contributed by atoms with Gasteiger partial charge in [-0.2, -0.15) is 0 Å². The number of hydrogen-bond donors (Lipinski definition) is 2. The molecule has 6 rings (SSSR count). The molecular formula is C31H30ClN5O2. The Balaban J connectivity index is 1.23. The van der Waals surface area contributed by atoms with Gasteiger partial charge in [0.05, 0.1) is 30.2 Å². The van der Waals surface area contributed by atoms with Gasteiger partial charge in [-0.1, -0.05) is 67.1 Å². The lowest BCUT2D eigenvalue weighted by molar-refractivity contribution is -0.118. The number of nitrogens with zero attached hydrogens (tertiary/aromatic N) is 3. The number of nitrogens with one attached hydrogen (secondary N) is 2. The summed E-state index contributed by atoms with van der Waals surface area (Å²) in [6.45, 7) is 5.15. The Morgan fingerprint density at radius 3 is 2.69 bits per heavy atom. The first-order valence-electron chi connectivity index (χ1n) is 13.1. The van der Waals surface area contributed by atoms with Gasteiger partial charge < -0.3 is 15.4 Å². The van der Waals surface area contributed by atoms with E-state index in [9.17, 15) is 4.79 Å². The number of ether oxygens (including phenoxy) is 1. The van der Waals surface area contributed by atoms with Crippen LogP contribution in [0.3, 0.4) is 0 Å². The number of ketones is 1. The zero-order chi connectivity index (χ0) is 27.0. The molecule has 8 heteroatoms. The first-order valence-corrected chi connectivity index (χ1v) is 13.5. The zero-order valence-electron chi connectivity index (χ0n) is 21.9. The number of halogens is 1. The van der Waals surface area contributed by atoms with Gasteiger partial charge in [0.1, 0.15) is 18.1 Å². The molecule has 0 radical (unpaired) electrons. The van der Waals surface area contributed by atoms with E-state index in [0.29, 0.717) is 23.7 Å². The van der Waals surface area contributed by atoms with Gasteiger partial charge in [-0.25, -0.2) is 4.68 Å². The molecule has 0 bridgehead atoms. The fraction of sp³-hybridized carbons (Fsp3) is 0.258. The molecule has 0 saturated heterocycles. The van der Waals surface area contributed by atoms with E-state index in [4.69, 9.17) is 16.3 Å². The number of allylic oxidation sites excluding steroid dienone is 1. The van der Waals surface area contributed by atoms with Crippen LogP contribution in [0.2, 0.25) is 5.02 Å². The molecule has 0 fully saturated rings. The fourth-order valence-corrected chi connectivity index (χ4v) is 5.60. The highest BCUT2D eigenvalue weighted by molar-refractivity contribution is 6.30. The molecule has 1 aromatic heterocycles. The van der Waals surface area contributed by atoms with Crippen LogP contribution in [-0.4, -0.2) is 20.8 Å². The van der Waals surface area contributed by atoms with Crippen LogP contribution in [0.4, 0.5) is 11.4 Å². The average Bonchev–Trinajstić information content (AvgIpc) is 3.26. The molecule has 1 atom stereocenters. The molecule has 2 N–H and O–H groups in total. The van der Waals surface area contributed by atoms with Crippen molar-refractivity contribution in [2.45, 2.75) is 45.9 Å². The van der Waals surface area contributed by atoms with Crippen LogP contribution in [0, 0.1) is 5.41 Å². The minimum absolute atomic E-state index is 0.0953. The van der Waals surface area contributed by atoms with E-state index in [1.807, 2.05) is 79.0 Å². The van der Waals surface area contributed by atoms with E-state index < -0.39 is 0 Å². The van der Waals surface area contributed by atoms with E-state index in [-0.39, 0.29) is 23.8 Å². The lowest BCUT2D eigenvalue weighted by Gasteiger charge is -2.34. The second-order valence-electron chi connectivity index (χ2n) is 11.0. The lowest BCUT2D eigenvalue weighted by Crippen LogP contribution is -2.31. The summed E-state index contributed by atoms with van der Waals surface area (Å²) < 4.78 is 7.89. The van der Waals surface area contributed by atoms with Crippen LogP contribution < -0.4 is 15.4 Å². The van der Waals surface area contributed by atoms with Crippen molar-refractivity contribution in [1.82, 2.24) is 15.0 Å². The van der Waals surface area contributed by atoms with E-state index in [0.717, 1.165) is 45.9 Å². The SMILES string of the molecule is CC1(C)CC(=O)C2=C(C1)Nc1ccccc1NC2c1cccc(OCc2cn(Cc3cccc(Cl)c3)nn2)c1.